The fourth-order valence-electron chi connectivity index (χ4n) is 4.48. The smallest absolute Gasteiger partial charge is 0.427 e. The molecule has 1 N–H and O–H groups in total. The number of methoxy groups -OCH3 is 1. The van der Waals surface area contributed by atoms with E-state index in [4.69, 9.17) is 42.1 Å². The first-order valence-corrected chi connectivity index (χ1v) is 12.2. The van der Waals surface area contributed by atoms with E-state index in [0.717, 1.165) is 18.9 Å². The van der Waals surface area contributed by atoms with Gasteiger partial charge < -0.3 is 18.9 Å². The Morgan fingerprint density at radius 2 is 1.84 bits per heavy atom. The topological polar surface area (TPSA) is 69.3 Å². The zero-order chi connectivity index (χ0) is 26.2. The van der Waals surface area contributed by atoms with Crippen molar-refractivity contribution in [2.75, 3.05) is 20.3 Å². The predicted molar refractivity (Wildman–Crippen MR) is 132 cm³/mol. The number of ether oxygens (including phenoxy) is 4. The summed E-state index contributed by atoms with van der Waals surface area (Å²) < 4.78 is 51.5. The maximum Gasteiger partial charge on any atom is 0.427 e. The molecule has 11 heteroatoms. The summed E-state index contributed by atoms with van der Waals surface area (Å²) in [7, 11) is 1.58. The second-order valence-electron chi connectivity index (χ2n) is 8.63. The summed E-state index contributed by atoms with van der Waals surface area (Å²) in [4.78, 5) is 12.5. The molecule has 0 aromatic heterocycles. The third kappa shape index (κ3) is 5.04. The molecule has 3 aromatic carbocycles. The van der Waals surface area contributed by atoms with Gasteiger partial charge in [-0.25, -0.2) is 18.6 Å². The predicted octanol–water partition coefficient (Wildman–Crippen LogP) is 6.06. The van der Waals surface area contributed by atoms with Crippen molar-refractivity contribution in [1.82, 2.24) is 10.4 Å². The van der Waals surface area contributed by atoms with Gasteiger partial charge in [0.2, 0.25) is 0 Å². The van der Waals surface area contributed by atoms with Gasteiger partial charge in [-0.05, 0) is 55.3 Å². The van der Waals surface area contributed by atoms with Gasteiger partial charge in [0.05, 0.1) is 23.2 Å². The Labute approximate surface area is 221 Å². The van der Waals surface area contributed by atoms with E-state index in [0.29, 0.717) is 29.3 Å². The molecule has 2 aliphatic heterocycles. The molecule has 2 atom stereocenters. The second kappa shape index (κ2) is 10.3. The van der Waals surface area contributed by atoms with E-state index in [1.807, 2.05) is 0 Å². The van der Waals surface area contributed by atoms with E-state index < -0.39 is 23.5 Å². The van der Waals surface area contributed by atoms with Crippen LogP contribution >= 0.6 is 23.2 Å². The number of benzene rings is 3. The van der Waals surface area contributed by atoms with Crippen molar-refractivity contribution in [1.29, 1.82) is 0 Å². The Morgan fingerprint density at radius 1 is 1.11 bits per heavy atom. The summed E-state index contributed by atoms with van der Waals surface area (Å²) in [6.45, 7) is 1.06. The number of halogens is 4. The van der Waals surface area contributed by atoms with Gasteiger partial charge >= 0.3 is 11.9 Å². The minimum Gasteiger partial charge on any atom is -0.440 e. The Hall–Kier alpha value is -3.11. The van der Waals surface area contributed by atoms with Crippen LogP contribution in [0.1, 0.15) is 24.0 Å². The molecule has 0 spiro atoms. The molecule has 0 saturated carbocycles. The van der Waals surface area contributed by atoms with E-state index in [-0.39, 0.29) is 28.3 Å². The van der Waals surface area contributed by atoms with Crippen molar-refractivity contribution in [3.63, 3.8) is 0 Å². The van der Waals surface area contributed by atoms with Crippen LogP contribution in [0.5, 0.6) is 17.2 Å². The van der Waals surface area contributed by atoms with Gasteiger partial charge in [-0.2, -0.15) is 0 Å². The number of carbonyl (C=O) groups is 1. The quantitative estimate of drug-likeness (QED) is 0.402. The lowest BCUT2D eigenvalue weighted by Crippen LogP contribution is -2.47. The van der Waals surface area contributed by atoms with E-state index in [2.05, 4.69) is 5.43 Å². The molecular weight excluding hydrogens is 529 g/mol. The fraction of sp³-hybridized carbons (Fsp3) is 0.269. The molecular formula is C26H22Cl2F2N2O5. The van der Waals surface area contributed by atoms with Crippen molar-refractivity contribution in [3.8, 4) is 17.2 Å². The van der Waals surface area contributed by atoms with Gasteiger partial charge in [-0.15, -0.1) is 0 Å². The molecule has 194 valence electrons. The first kappa shape index (κ1) is 25.5. The number of rotatable bonds is 6. The first-order chi connectivity index (χ1) is 17.8. The van der Waals surface area contributed by atoms with Crippen LogP contribution in [0.4, 0.5) is 13.6 Å². The minimum atomic E-state index is -1.67. The number of nitrogens with zero attached hydrogens (tertiary/aromatic N) is 1. The third-order valence-electron chi connectivity index (χ3n) is 6.19. The minimum absolute atomic E-state index is 0.000370. The molecule has 1 saturated heterocycles. The molecule has 1 fully saturated rings. The zero-order valence-electron chi connectivity index (χ0n) is 19.6. The van der Waals surface area contributed by atoms with Gasteiger partial charge in [-0.1, -0.05) is 23.2 Å². The van der Waals surface area contributed by atoms with Gasteiger partial charge in [-0.3, -0.25) is 5.43 Å². The van der Waals surface area contributed by atoms with Gasteiger partial charge in [0.25, 0.3) is 0 Å². The first-order valence-electron chi connectivity index (χ1n) is 11.5. The van der Waals surface area contributed by atoms with Crippen LogP contribution in [0, 0.1) is 11.6 Å². The maximum atomic E-state index is 15.0. The average Bonchev–Trinajstić information content (AvgIpc) is 3.44. The number of carbonyl (C=O) groups excluding carboxylic acids is 1. The summed E-state index contributed by atoms with van der Waals surface area (Å²) in [5, 5.41) is 2.31. The van der Waals surface area contributed by atoms with Crippen molar-refractivity contribution < 1.29 is 32.5 Å². The van der Waals surface area contributed by atoms with E-state index in [1.54, 1.807) is 24.3 Å². The molecule has 2 aliphatic rings. The Balaban J connectivity index is 1.44. The zero-order valence-corrected chi connectivity index (χ0v) is 21.1. The molecule has 7 nitrogen and oxygen atoms in total. The largest absolute Gasteiger partial charge is 0.440 e. The lowest BCUT2D eigenvalue weighted by molar-refractivity contribution is -0.0459. The van der Waals surface area contributed by atoms with Crippen LogP contribution in [0.15, 0.2) is 54.6 Å². The highest BCUT2D eigenvalue weighted by Crippen LogP contribution is 2.51. The summed E-state index contributed by atoms with van der Waals surface area (Å²) in [5.74, 6) is -3.20. The highest BCUT2D eigenvalue weighted by atomic mass is 35.5. The monoisotopic (exact) mass is 550 g/mol. The highest BCUT2D eigenvalue weighted by molar-refractivity contribution is 6.35. The standard InChI is InChI=1S/C26H22Cl2F2N2O5/c1-34-14-18-3-2-10-32(18)31-25(33)35-22-13-24-23(12-21(22)30)36-26(37-24,15-4-7-17(29)8-5-15)19-9-6-16(27)11-20(19)28/h4-9,11-13,18H,2-3,10,14H2,1H3,(H,31,33)/t18-,26?/m0/s1. The Bertz CT molecular complexity index is 1330. The lowest BCUT2D eigenvalue weighted by Gasteiger charge is -2.29. The number of hydrogen-bond donors (Lipinski definition) is 1. The Kier molecular flexibility index (Phi) is 7.13. The van der Waals surface area contributed by atoms with Crippen LogP contribution < -0.4 is 19.6 Å². The van der Waals surface area contributed by atoms with E-state index in [9.17, 15) is 13.6 Å². The normalized spacial score (nSPS) is 20.7. The summed E-state index contributed by atoms with van der Waals surface area (Å²) in [6.07, 6.45) is 0.878. The fourth-order valence-corrected chi connectivity index (χ4v) is 5.02. The van der Waals surface area contributed by atoms with Crippen molar-refractivity contribution in [2.24, 2.45) is 0 Å². The Morgan fingerprint density at radius 3 is 2.54 bits per heavy atom. The molecule has 3 aromatic rings. The van der Waals surface area contributed by atoms with Crippen molar-refractivity contribution in [3.05, 3.63) is 87.4 Å². The highest BCUT2D eigenvalue weighted by Gasteiger charge is 2.47. The van der Waals surface area contributed by atoms with Gasteiger partial charge in [0, 0.05) is 36.4 Å². The molecule has 1 amide bonds. The number of hydrogen-bond acceptors (Lipinski definition) is 6. The number of amides is 1. The van der Waals surface area contributed by atoms with Gasteiger partial charge in [0.1, 0.15) is 5.82 Å². The van der Waals surface area contributed by atoms with E-state index in [1.165, 1.54) is 36.4 Å². The molecule has 5 rings (SSSR count). The van der Waals surface area contributed by atoms with Crippen molar-refractivity contribution in [2.45, 2.75) is 24.7 Å². The molecule has 0 radical (unpaired) electrons. The number of fused-ring (bicyclic) bond motifs is 1. The summed E-state index contributed by atoms with van der Waals surface area (Å²) >= 11 is 12.6. The SMILES string of the molecule is COC[C@@H]1CCCN1NC(=O)Oc1cc2c(cc1F)OC(c1ccc(F)cc1)(c1ccc(Cl)cc1Cl)O2. The van der Waals surface area contributed by atoms with Crippen LogP contribution in [-0.2, 0) is 10.5 Å². The number of hydrazine groups is 1. The average molecular weight is 551 g/mol. The summed E-state index contributed by atoms with van der Waals surface area (Å²) in [6, 6.07) is 12.4. The maximum absolute atomic E-state index is 15.0. The second-order valence-corrected chi connectivity index (χ2v) is 9.47. The van der Waals surface area contributed by atoms with Gasteiger partial charge in [0.15, 0.2) is 23.1 Å². The molecule has 0 aliphatic carbocycles. The lowest BCUT2D eigenvalue weighted by atomic mass is 9.97. The molecule has 1 unspecified atom stereocenters. The van der Waals surface area contributed by atoms with E-state index >= 15 is 0 Å². The third-order valence-corrected chi connectivity index (χ3v) is 6.74. The number of nitrogens with one attached hydrogen (secondary N) is 1. The summed E-state index contributed by atoms with van der Waals surface area (Å²) in [5.41, 5.74) is 3.39. The molecule has 37 heavy (non-hydrogen) atoms. The van der Waals surface area contributed by atoms with Crippen molar-refractivity contribution >= 4 is 29.3 Å². The van der Waals surface area contributed by atoms with Crippen LogP contribution in [0.2, 0.25) is 10.0 Å². The van der Waals surface area contributed by atoms with Crippen LogP contribution in [0.25, 0.3) is 0 Å². The van der Waals surface area contributed by atoms with Crippen LogP contribution in [0.3, 0.4) is 0 Å². The van der Waals surface area contributed by atoms with Crippen LogP contribution in [-0.4, -0.2) is 37.4 Å². The molecule has 0 bridgehead atoms. The molecule has 2 heterocycles.